The predicted molar refractivity (Wildman–Crippen MR) is 112 cm³/mol. The second-order valence-electron chi connectivity index (χ2n) is 6.55. The number of esters is 1. The average molecular weight is 409 g/mol. The number of hydrogen-bond donors (Lipinski definition) is 3. The van der Waals surface area contributed by atoms with Crippen molar-refractivity contribution in [2.45, 2.75) is 20.8 Å². The van der Waals surface area contributed by atoms with Crippen molar-refractivity contribution in [3.05, 3.63) is 70.9 Å². The summed E-state index contributed by atoms with van der Waals surface area (Å²) in [5, 5.41) is 7.01. The minimum Gasteiger partial charge on any atom is -0.451 e. The Labute approximate surface area is 174 Å². The van der Waals surface area contributed by atoms with Gasteiger partial charge < -0.3 is 15.4 Å². The van der Waals surface area contributed by atoms with E-state index in [0.717, 1.165) is 11.1 Å². The number of carbonyl (C=O) groups excluding carboxylic acids is 4. The number of benzene rings is 2. The maximum atomic E-state index is 12.3. The largest absolute Gasteiger partial charge is 0.451 e. The molecule has 0 aliphatic rings. The van der Waals surface area contributed by atoms with Crippen molar-refractivity contribution in [3.63, 3.8) is 0 Å². The molecule has 2 rings (SSSR count). The van der Waals surface area contributed by atoms with Crippen LogP contribution in [0.1, 0.15) is 23.6 Å². The summed E-state index contributed by atoms with van der Waals surface area (Å²) < 4.78 is 4.92. The van der Waals surface area contributed by atoms with Crippen LogP contribution >= 0.6 is 0 Å². The van der Waals surface area contributed by atoms with Gasteiger partial charge in [-0.3, -0.25) is 14.9 Å². The molecule has 0 atom stereocenters. The van der Waals surface area contributed by atoms with Crippen molar-refractivity contribution in [1.82, 2.24) is 10.6 Å². The Morgan fingerprint density at radius 1 is 0.967 bits per heavy atom. The molecule has 0 aliphatic carbocycles. The van der Waals surface area contributed by atoms with Crippen LogP contribution in [-0.2, 0) is 19.1 Å². The Kier molecular flexibility index (Phi) is 7.87. The van der Waals surface area contributed by atoms with Crippen molar-refractivity contribution in [1.29, 1.82) is 0 Å². The van der Waals surface area contributed by atoms with Crippen LogP contribution in [0.4, 0.5) is 10.5 Å². The molecule has 0 radical (unpaired) electrons. The second kappa shape index (κ2) is 10.6. The van der Waals surface area contributed by atoms with Gasteiger partial charge in [0.05, 0.1) is 0 Å². The van der Waals surface area contributed by atoms with E-state index in [4.69, 9.17) is 4.74 Å². The van der Waals surface area contributed by atoms with Gasteiger partial charge in [-0.05, 0) is 37.1 Å². The first-order valence-corrected chi connectivity index (χ1v) is 9.14. The van der Waals surface area contributed by atoms with Crippen molar-refractivity contribution >= 4 is 35.6 Å². The zero-order chi connectivity index (χ0) is 22.1. The lowest BCUT2D eigenvalue weighted by Gasteiger charge is -2.11. The van der Waals surface area contributed by atoms with Crippen LogP contribution in [0.3, 0.4) is 0 Å². The minimum atomic E-state index is -0.904. The number of nitrogens with one attached hydrogen (secondary N) is 3. The van der Waals surface area contributed by atoms with Crippen LogP contribution in [0, 0.1) is 13.8 Å². The zero-order valence-corrected chi connectivity index (χ0v) is 16.9. The molecule has 0 heterocycles. The number of hydrogen-bond acceptors (Lipinski definition) is 5. The van der Waals surface area contributed by atoms with Crippen molar-refractivity contribution < 1.29 is 23.9 Å². The molecule has 0 spiro atoms. The van der Waals surface area contributed by atoms with Crippen LogP contribution in [0.25, 0.3) is 6.08 Å². The highest BCUT2D eigenvalue weighted by Crippen LogP contribution is 2.15. The molecular formula is C22H23N3O5. The van der Waals surface area contributed by atoms with E-state index >= 15 is 0 Å². The van der Waals surface area contributed by atoms with Gasteiger partial charge in [-0.25, -0.2) is 9.59 Å². The first kappa shape index (κ1) is 22.4. The standard InChI is InChI=1S/C22H23N3O5/c1-14-9-10-18(15(2)11-14)24-22(29)25-20(27)13-30-21(28)19(23-16(3)26)12-17-7-5-4-6-8-17/h4-12H,13H2,1-3H3,(H,23,26)(H2,24,25,27,29)/b19-12-. The number of anilines is 1. The smallest absolute Gasteiger partial charge is 0.355 e. The first-order chi connectivity index (χ1) is 14.2. The highest BCUT2D eigenvalue weighted by atomic mass is 16.5. The summed E-state index contributed by atoms with van der Waals surface area (Å²) in [5.74, 6) is -2.18. The molecule has 2 aromatic rings. The number of rotatable bonds is 6. The Balaban J connectivity index is 1.92. The fraction of sp³-hybridized carbons (Fsp3) is 0.182. The van der Waals surface area contributed by atoms with Gasteiger partial charge >= 0.3 is 12.0 Å². The molecule has 8 nitrogen and oxygen atoms in total. The fourth-order valence-electron chi connectivity index (χ4n) is 2.53. The minimum absolute atomic E-state index is 0.124. The molecule has 156 valence electrons. The van der Waals surface area contributed by atoms with E-state index < -0.39 is 30.4 Å². The molecule has 0 bridgehead atoms. The normalized spacial score (nSPS) is 10.7. The third-order valence-corrected chi connectivity index (χ3v) is 3.86. The molecule has 0 saturated heterocycles. The molecule has 4 amide bonds. The lowest BCUT2D eigenvalue weighted by atomic mass is 10.1. The van der Waals surface area contributed by atoms with E-state index in [0.29, 0.717) is 11.3 Å². The number of amides is 4. The van der Waals surface area contributed by atoms with Crippen LogP contribution < -0.4 is 16.0 Å². The Morgan fingerprint density at radius 3 is 2.30 bits per heavy atom. The van der Waals surface area contributed by atoms with Gasteiger partial charge in [-0.1, -0.05) is 48.0 Å². The first-order valence-electron chi connectivity index (χ1n) is 9.14. The molecule has 2 aromatic carbocycles. The molecule has 0 aliphatic heterocycles. The third kappa shape index (κ3) is 7.23. The summed E-state index contributed by atoms with van der Waals surface area (Å²) in [6.45, 7) is 4.31. The van der Waals surface area contributed by atoms with Crippen LogP contribution in [0.2, 0.25) is 0 Å². The summed E-state index contributed by atoms with van der Waals surface area (Å²) in [5.41, 5.74) is 2.98. The third-order valence-electron chi connectivity index (χ3n) is 3.86. The van der Waals surface area contributed by atoms with Gasteiger partial charge in [-0.2, -0.15) is 0 Å². The number of urea groups is 1. The van der Waals surface area contributed by atoms with E-state index in [1.54, 1.807) is 36.4 Å². The summed E-state index contributed by atoms with van der Waals surface area (Å²) in [6.07, 6.45) is 1.43. The predicted octanol–water partition coefficient (Wildman–Crippen LogP) is 2.67. The van der Waals surface area contributed by atoms with E-state index in [-0.39, 0.29) is 5.70 Å². The molecule has 3 N–H and O–H groups in total. The van der Waals surface area contributed by atoms with Crippen LogP contribution in [0.5, 0.6) is 0 Å². The Hall–Kier alpha value is -3.94. The van der Waals surface area contributed by atoms with Crippen molar-refractivity contribution in [2.75, 3.05) is 11.9 Å². The average Bonchev–Trinajstić information content (AvgIpc) is 2.68. The SMILES string of the molecule is CC(=O)N/C(=C\c1ccccc1)C(=O)OCC(=O)NC(=O)Nc1ccc(C)cc1C. The molecule has 30 heavy (non-hydrogen) atoms. The summed E-state index contributed by atoms with van der Waals surface area (Å²) >= 11 is 0. The number of imide groups is 1. The number of ether oxygens (including phenoxy) is 1. The highest BCUT2D eigenvalue weighted by molar-refractivity contribution is 6.03. The summed E-state index contributed by atoms with van der Waals surface area (Å²) in [7, 11) is 0. The van der Waals surface area contributed by atoms with Crippen LogP contribution in [-0.4, -0.2) is 30.4 Å². The topological polar surface area (TPSA) is 114 Å². The Morgan fingerprint density at radius 2 is 1.67 bits per heavy atom. The molecular weight excluding hydrogens is 386 g/mol. The lowest BCUT2D eigenvalue weighted by molar-refractivity contribution is -0.145. The van der Waals surface area contributed by atoms with Gasteiger partial charge in [-0.15, -0.1) is 0 Å². The van der Waals surface area contributed by atoms with Gasteiger partial charge in [0, 0.05) is 12.6 Å². The molecule has 0 fully saturated rings. The molecule has 8 heteroatoms. The van der Waals surface area contributed by atoms with E-state index in [9.17, 15) is 19.2 Å². The zero-order valence-electron chi connectivity index (χ0n) is 16.9. The van der Waals surface area contributed by atoms with E-state index in [1.807, 2.05) is 26.0 Å². The van der Waals surface area contributed by atoms with Gasteiger partial charge in [0.1, 0.15) is 5.70 Å². The summed E-state index contributed by atoms with van der Waals surface area (Å²) in [4.78, 5) is 47.5. The maximum Gasteiger partial charge on any atom is 0.355 e. The van der Waals surface area contributed by atoms with E-state index in [2.05, 4.69) is 16.0 Å². The van der Waals surface area contributed by atoms with Gasteiger partial charge in [0.2, 0.25) is 5.91 Å². The second-order valence-corrected chi connectivity index (χ2v) is 6.55. The van der Waals surface area contributed by atoms with Gasteiger partial charge in [0.15, 0.2) is 6.61 Å². The van der Waals surface area contributed by atoms with Crippen molar-refractivity contribution in [2.24, 2.45) is 0 Å². The Bertz CT molecular complexity index is 984. The van der Waals surface area contributed by atoms with E-state index in [1.165, 1.54) is 13.0 Å². The monoisotopic (exact) mass is 409 g/mol. The fourth-order valence-corrected chi connectivity index (χ4v) is 2.53. The van der Waals surface area contributed by atoms with Crippen LogP contribution in [0.15, 0.2) is 54.2 Å². The number of aryl methyl sites for hydroxylation is 2. The quantitative estimate of drug-likeness (QED) is 0.501. The van der Waals surface area contributed by atoms with Gasteiger partial charge in [0.25, 0.3) is 5.91 Å². The maximum absolute atomic E-state index is 12.3. The number of carbonyl (C=O) groups is 4. The summed E-state index contributed by atoms with van der Waals surface area (Å²) in [6, 6.07) is 13.5. The lowest BCUT2D eigenvalue weighted by Crippen LogP contribution is -2.38. The molecule has 0 saturated carbocycles. The van der Waals surface area contributed by atoms with Crippen molar-refractivity contribution in [3.8, 4) is 0 Å². The highest BCUT2D eigenvalue weighted by Gasteiger charge is 2.16. The molecule has 0 aromatic heterocycles. The molecule has 0 unspecified atom stereocenters.